The van der Waals surface area contributed by atoms with Crippen LogP contribution in [0.4, 0.5) is 0 Å². The summed E-state index contributed by atoms with van der Waals surface area (Å²) in [6.45, 7) is 11.9. The van der Waals surface area contributed by atoms with Crippen LogP contribution in [0.3, 0.4) is 0 Å². The monoisotopic (exact) mass is 226 g/mol. The minimum atomic E-state index is 0.164. The summed E-state index contributed by atoms with van der Waals surface area (Å²) in [4.78, 5) is 4.17. The van der Waals surface area contributed by atoms with Crippen LogP contribution in [0.25, 0.3) is 0 Å². The molecule has 0 bridgehead atoms. The van der Waals surface area contributed by atoms with Gasteiger partial charge in [-0.2, -0.15) is 0 Å². The van der Waals surface area contributed by atoms with Crippen LogP contribution < -0.4 is 5.73 Å². The van der Waals surface area contributed by atoms with E-state index in [-0.39, 0.29) is 5.16 Å². The maximum Gasteiger partial charge on any atom is 0.118 e. The normalized spacial score (nSPS) is 12.7. The molecular formula is C12H19ClN2. The molecule has 2 nitrogen and oxygen atoms in total. The molecule has 0 rings (SSSR count). The molecule has 15 heavy (non-hydrogen) atoms. The van der Waals surface area contributed by atoms with Crippen LogP contribution in [-0.2, 0) is 0 Å². The second kappa shape index (κ2) is 7.30. The molecule has 0 aliphatic heterocycles. The van der Waals surface area contributed by atoms with Gasteiger partial charge in [-0.05, 0) is 30.9 Å². The Bertz CT molecular complexity index is 297. The van der Waals surface area contributed by atoms with Crippen molar-refractivity contribution in [3.8, 4) is 0 Å². The highest BCUT2D eigenvalue weighted by atomic mass is 35.5. The van der Waals surface area contributed by atoms with Gasteiger partial charge in [-0.15, -0.1) is 0 Å². The third kappa shape index (κ3) is 6.13. The first kappa shape index (κ1) is 14.0. The summed E-state index contributed by atoms with van der Waals surface area (Å²) in [6, 6.07) is 0. The molecule has 0 aliphatic rings. The molecule has 0 saturated heterocycles. The van der Waals surface area contributed by atoms with Crippen molar-refractivity contribution in [2.45, 2.75) is 33.1 Å². The summed E-state index contributed by atoms with van der Waals surface area (Å²) in [6.07, 6.45) is 4.59. The van der Waals surface area contributed by atoms with Gasteiger partial charge < -0.3 is 5.73 Å². The molecule has 0 atom stereocenters. The smallest absolute Gasteiger partial charge is 0.118 e. The first-order valence-corrected chi connectivity index (χ1v) is 5.39. The number of halogens is 1. The summed E-state index contributed by atoms with van der Waals surface area (Å²) in [5.74, 6) is 0. The van der Waals surface area contributed by atoms with Crippen LogP contribution >= 0.6 is 11.6 Å². The van der Waals surface area contributed by atoms with Crippen molar-refractivity contribution in [3.05, 3.63) is 35.7 Å². The van der Waals surface area contributed by atoms with Gasteiger partial charge in [0.25, 0.3) is 0 Å². The Labute approximate surface area is 97.2 Å². The summed E-state index contributed by atoms with van der Waals surface area (Å²) in [5, 5.41) is 0.164. The molecular weight excluding hydrogens is 208 g/mol. The number of hydrogen-bond donors (Lipinski definition) is 1. The predicted octanol–water partition coefficient (Wildman–Crippen LogP) is 3.75. The van der Waals surface area contributed by atoms with Crippen molar-refractivity contribution in [3.63, 3.8) is 0 Å². The van der Waals surface area contributed by atoms with Crippen molar-refractivity contribution in [1.82, 2.24) is 0 Å². The van der Waals surface area contributed by atoms with E-state index in [0.29, 0.717) is 0 Å². The molecule has 0 fully saturated rings. The summed E-state index contributed by atoms with van der Waals surface area (Å²) in [7, 11) is 0. The van der Waals surface area contributed by atoms with Gasteiger partial charge in [0, 0.05) is 0 Å². The van der Waals surface area contributed by atoms with Gasteiger partial charge in [0.2, 0.25) is 0 Å². The number of unbranched alkanes of at least 4 members (excludes halogenated alkanes) is 1. The van der Waals surface area contributed by atoms with Gasteiger partial charge in [0.1, 0.15) is 5.16 Å². The van der Waals surface area contributed by atoms with Crippen LogP contribution in [0.15, 0.2) is 40.7 Å². The molecule has 0 radical (unpaired) electrons. The number of nitrogens with two attached hydrogens (primary N) is 1. The molecule has 84 valence electrons. The number of hydrogen-bond acceptors (Lipinski definition) is 2. The van der Waals surface area contributed by atoms with E-state index in [9.17, 15) is 0 Å². The number of nitrogens with zero attached hydrogens (tertiary/aromatic N) is 1. The third-order valence-electron chi connectivity index (χ3n) is 1.89. The van der Waals surface area contributed by atoms with Crippen molar-refractivity contribution in [2.75, 3.05) is 0 Å². The number of rotatable bonds is 6. The Morgan fingerprint density at radius 1 is 1.47 bits per heavy atom. The Morgan fingerprint density at radius 3 is 2.47 bits per heavy atom. The molecule has 3 heteroatoms. The fraction of sp³-hybridized carbons (Fsp3) is 0.417. The molecule has 2 N–H and O–H groups in total. The van der Waals surface area contributed by atoms with Gasteiger partial charge in [-0.25, -0.2) is 0 Å². The zero-order chi connectivity index (χ0) is 11.8. The van der Waals surface area contributed by atoms with Crippen molar-refractivity contribution in [2.24, 2.45) is 10.7 Å². The van der Waals surface area contributed by atoms with Crippen LogP contribution in [0.2, 0.25) is 0 Å². The Balaban J connectivity index is 4.67. The summed E-state index contributed by atoms with van der Waals surface area (Å²) >= 11 is 5.51. The van der Waals surface area contributed by atoms with E-state index in [4.69, 9.17) is 17.3 Å². The van der Waals surface area contributed by atoms with Crippen LogP contribution in [-0.4, -0.2) is 5.71 Å². The van der Waals surface area contributed by atoms with Crippen LogP contribution in [0.5, 0.6) is 0 Å². The Kier molecular flexibility index (Phi) is 6.80. The highest BCUT2D eigenvalue weighted by Crippen LogP contribution is 2.12. The average Bonchev–Trinajstić information content (AvgIpc) is 2.13. The van der Waals surface area contributed by atoms with E-state index in [1.807, 2.05) is 6.92 Å². The highest BCUT2D eigenvalue weighted by molar-refractivity contribution is 6.29. The van der Waals surface area contributed by atoms with E-state index < -0.39 is 0 Å². The average molecular weight is 227 g/mol. The topological polar surface area (TPSA) is 38.4 Å². The Morgan fingerprint density at radius 2 is 2.07 bits per heavy atom. The highest BCUT2D eigenvalue weighted by Gasteiger charge is 2.04. The van der Waals surface area contributed by atoms with Gasteiger partial charge in [0.05, 0.1) is 11.9 Å². The zero-order valence-electron chi connectivity index (χ0n) is 9.52. The van der Waals surface area contributed by atoms with E-state index in [2.05, 4.69) is 25.1 Å². The standard InChI is InChI=1S/C12H19ClN2/c1-5-6-7-10(4)12(9(2)3)15-8-11(13)14/h8H,2,4-7,14H2,1,3H3/b11-8-,15-12-. The molecule has 0 aromatic heterocycles. The first-order chi connectivity index (χ1) is 6.99. The molecule has 0 aromatic rings. The molecule has 0 saturated carbocycles. The SMILES string of the molecule is C=C(C)/C(=N/C=C(\N)Cl)C(=C)CCCC. The minimum absolute atomic E-state index is 0.164. The lowest BCUT2D eigenvalue weighted by atomic mass is 10.0. The Hall–Kier alpha value is -1.02. The second-order valence-electron chi connectivity index (χ2n) is 3.48. The van der Waals surface area contributed by atoms with Gasteiger partial charge >= 0.3 is 0 Å². The largest absolute Gasteiger partial charge is 0.388 e. The van der Waals surface area contributed by atoms with E-state index in [1.54, 1.807) is 0 Å². The molecule has 0 unspecified atom stereocenters. The van der Waals surface area contributed by atoms with Crippen LogP contribution in [0.1, 0.15) is 33.1 Å². The first-order valence-electron chi connectivity index (χ1n) is 5.02. The summed E-state index contributed by atoms with van der Waals surface area (Å²) < 4.78 is 0. The van der Waals surface area contributed by atoms with Crippen molar-refractivity contribution >= 4 is 17.3 Å². The van der Waals surface area contributed by atoms with E-state index >= 15 is 0 Å². The van der Waals surface area contributed by atoms with Crippen LogP contribution in [0, 0.1) is 0 Å². The maximum atomic E-state index is 5.51. The van der Waals surface area contributed by atoms with E-state index in [1.165, 1.54) is 6.20 Å². The van der Waals surface area contributed by atoms with E-state index in [0.717, 1.165) is 36.1 Å². The fourth-order valence-corrected chi connectivity index (χ4v) is 1.19. The lowest BCUT2D eigenvalue weighted by Gasteiger charge is -2.07. The summed E-state index contributed by atoms with van der Waals surface area (Å²) in [5.41, 5.74) is 7.96. The van der Waals surface area contributed by atoms with Gasteiger partial charge in [-0.1, -0.05) is 38.1 Å². The maximum absolute atomic E-state index is 5.51. The number of allylic oxidation sites excluding steroid dienone is 2. The molecule has 0 aliphatic carbocycles. The minimum Gasteiger partial charge on any atom is -0.388 e. The van der Waals surface area contributed by atoms with Gasteiger partial charge in [0.15, 0.2) is 0 Å². The molecule has 0 spiro atoms. The lowest BCUT2D eigenvalue weighted by Crippen LogP contribution is -2.03. The molecule has 0 aromatic carbocycles. The fourth-order valence-electron chi connectivity index (χ4n) is 1.14. The van der Waals surface area contributed by atoms with Crippen molar-refractivity contribution in [1.29, 1.82) is 0 Å². The quantitative estimate of drug-likeness (QED) is 0.544. The predicted molar refractivity (Wildman–Crippen MR) is 69.0 cm³/mol. The molecule has 0 amide bonds. The van der Waals surface area contributed by atoms with Gasteiger partial charge in [-0.3, -0.25) is 4.99 Å². The lowest BCUT2D eigenvalue weighted by molar-refractivity contribution is 0.804. The molecule has 0 heterocycles. The second-order valence-corrected chi connectivity index (χ2v) is 3.92. The van der Waals surface area contributed by atoms with Crippen molar-refractivity contribution < 1.29 is 0 Å². The third-order valence-corrected chi connectivity index (χ3v) is 1.99. The number of aliphatic imine (C=N–C) groups is 1. The zero-order valence-corrected chi connectivity index (χ0v) is 10.3.